The molecule has 3 aliphatic heterocycles. The standard InChI is InChI=1S/C14H18NO.C5H5.Fe/c1-14(16)12-6-8-15(9-7-12)13(14)10-11-4-2-3-5-11;1-2-4-5-3-1;/h2-5,10,12,16H,6-9H2,1H3;1-5H;/q2*-1;+2/b13-10-;;. The topological polar surface area (TPSA) is 23.5 Å². The van der Waals surface area contributed by atoms with Crippen LogP contribution in [-0.4, -0.2) is 28.7 Å². The molecule has 3 heteroatoms. The summed E-state index contributed by atoms with van der Waals surface area (Å²) < 4.78 is 0. The zero-order valence-electron chi connectivity index (χ0n) is 12.9. The second-order valence-corrected chi connectivity index (χ2v) is 6.12. The Kier molecular flexibility index (Phi) is 5.68. The number of fused-ring (bicyclic) bond motifs is 3. The predicted octanol–water partition coefficient (Wildman–Crippen LogP) is 3.63. The number of hydrogen-bond acceptors (Lipinski definition) is 2. The Morgan fingerprint density at radius 1 is 1.18 bits per heavy atom. The fourth-order valence-corrected chi connectivity index (χ4v) is 3.41. The summed E-state index contributed by atoms with van der Waals surface area (Å²) in [5, 5.41) is 10.6. The molecule has 3 fully saturated rings. The van der Waals surface area contributed by atoms with Crippen LogP contribution in [0.5, 0.6) is 0 Å². The Bertz CT molecular complexity index is 543. The zero-order chi connectivity index (χ0) is 14.7. The number of aliphatic hydroxyl groups is 1. The van der Waals surface area contributed by atoms with Gasteiger partial charge in [-0.25, -0.2) is 12.1 Å². The van der Waals surface area contributed by atoms with Crippen molar-refractivity contribution in [2.24, 2.45) is 5.92 Å². The molecule has 3 saturated heterocycles. The van der Waals surface area contributed by atoms with E-state index < -0.39 is 5.60 Å². The van der Waals surface area contributed by atoms with Crippen LogP contribution in [0.25, 0.3) is 6.08 Å². The van der Waals surface area contributed by atoms with Gasteiger partial charge in [-0.2, -0.15) is 30.3 Å². The third-order valence-electron chi connectivity index (χ3n) is 4.70. The molecule has 1 atom stereocenters. The Morgan fingerprint density at radius 2 is 1.77 bits per heavy atom. The van der Waals surface area contributed by atoms with Crippen molar-refractivity contribution in [1.29, 1.82) is 0 Å². The molecule has 2 aromatic rings. The summed E-state index contributed by atoms with van der Waals surface area (Å²) in [4.78, 5) is 2.34. The molecule has 3 heterocycles. The summed E-state index contributed by atoms with van der Waals surface area (Å²) >= 11 is 0. The number of rotatable bonds is 1. The van der Waals surface area contributed by atoms with Crippen LogP contribution in [0.4, 0.5) is 0 Å². The van der Waals surface area contributed by atoms with E-state index in [1.807, 2.05) is 49.4 Å². The van der Waals surface area contributed by atoms with Crippen molar-refractivity contribution in [1.82, 2.24) is 4.90 Å². The van der Waals surface area contributed by atoms with E-state index in [9.17, 15) is 5.11 Å². The maximum absolute atomic E-state index is 10.6. The number of nitrogens with zero attached hydrogens (tertiary/aromatic N) is 1. The minimum absolute atomic E-state index is 0. The monoisotopic (exact) mass is 337 g/mol. The molecule has 0 spiro atoms. The summed E-state index contributed by atoms with van der Waals surface area (Å²) in [6.07, 6.45) is 4.40. The Balaban J connectivity index is 0.000000253. The van der Waals surface area contributed by atoms with Crippen LogP contribution in [0.1, 0.15) is 25.3 Å². The summed E-state index contributed by atoms with van der Waals surface area (Å²) in [7, 11) is 0. The van der Waals surface area contributed by atoms with Crippen molar-refractivity contribution in [3.8, 4) is 0 Å². The molecular formula is C19H23FeNO. The van der Waals surface area contributed by atoms with Crippen LogP contribution in [0.15, 0.2) is 60.3 Å². The van der Waals surface area contributed by atoms with Gasteiger partial charge in [0.15, 0.2) is 0 Å². The minimum atomic E-state index is -0.631. The predicted molar refractivity (Wildman–Crippen MR) is 87.0 cm³/mol. The first kappa shape index (κ1) is 17.1. The van der Waals surface area contributed by atoms with Crippen molar-refractivity contribution < 1.29 is 22.2 Å². The summed E-state index contributed by atoms with van der Waals surface area (Å²) in [6.45, 7) is 4.18. The molecule has 0 saturated carbocycles. The quantitative estimate of drug-likeness (QED) is 0.635. The SMILES string of the molecule is CC1(O)/C(=C/[c-]2cccc2)N2CCC1CC2.[Fe+2].c1cc[cH-]c1. The molecule has 0 amide bonds. The van der Waals surface area contributed by atoms with Gasteiger partial charge >= 0.3 is 17.1 Å². The maximum atomic E-state index is 10.6. The fraction of sp³-hybridized carbons (Fsp3) is 0.368. The smallest absolute Gasteiger partial charge is 0.411 e. The van der Waals surface area contributed by atoms with Crippen molar-refractivity contribution in [3.63, 3.8) is 0 Å². The van der Waals surface area contributed by atoms with Gasteiger partial charge in [0, 0.05) is 13.1 Å². The van der Waals surface area contributed by atoms with Crippen molar-refractivity contribution in [3.05, 3.63) is 65.9 Å². The first-order valence-electron chi connectivity index (χ1n) is 7.76. The van der Waals surface area contributed by atoms with Gasteiger partial charge in [-0.1, -0.05) is 0 Å². The molecule has 1 unspecified atom stereocenters. The van der Waals surface area contributed by atoms with E-state index >= 15 is 0 Å². The van der Waals surface area contributed by atoms with E-state index in [1.54, 1.807) is 0 Å². The average molecular weight is 337 g/mol. The van der Waals surface area contributed by atoms with Gasteiger partial charge in [-0.15, -0.1) is 23.8 Å². The molecule has 0 aliphatic carbocycles. The number of piperidine rings is 3. The molecular weight excluding hydrogens is 314 g/mol. The van der Waals surface area contributed by atoms with Gasteiger partial charge in [-0.05, 0) is 31.4 Å². The van der Waals surface area contributed by atoms with E-state index in [1.165, 1.54) is 5.56 Å². The van der Waals surface area contributed by atoms with Gasteiger partial charge in [0.2, 0.25) is 0 Å². The molecule has 118 valence electrons. The van der Waals surface area contributed by atoms with Crippen LogP contribution in [0.2, 0.25) is 0 Å². The molecule has 3 aliphatic rings. The van der Waals surface area contributed by atoms with Gasteiger partial charge in [0.05, 0.1) is 5.60 Å². The molecule has 2 bridgehead atoms. The second kappa shape index (κ2) is 7.32. The Labute approximate surface area is 143 Å². The molecule has 0 radical (unpaired) electrons. The summed E-state index contributed by atoms with van der Waals surface area (Å²) in [5.41, 5.74) is 1.68. The van der Waals surface area contributed by atoms with Gasteiger partial charge in [0.25, 0.3) is 0 Å². The van der Waals surface area contributed by atoms with Crippen molar-refractivity contribution in [2.75, 3.05) is 13.1 Å². The molecule has 0 aromatic heterocycles. The Hall–Kier alpha value is -1.28. The van der Waals surface area contributed by atoms with E-state index in [-0.39, 0.29) is 17.1 Å². The second-order valence-electron chi connectivity index (χ2n) is 6.12. The molecule has 2 aromatic carbocycles. The summed E-state index contributed by atoms with van der Waals surface area (Å²) in [6, 6.07) is 18.3. The van der Waals surface area contributed by atoms with E-state index in [0.717, 1.165) is 31.6 Å². The normalized spacial score (nSPS) is 28.0. The van der Waals surface area contributed by atoms with Crippen LogP contribution in [0.3, 0.4) is 0 Å². The third kappa shape index (κ3) is 3.54. The molecule has 1 N–H and O–H groups in total. The van der Waals surface area contributed by atoms with E-state index in [2.05, 4.69) is 23.1 Å². The van der Waals surface area contributed by atoms with Crippen molar-refractivity contribution >= 4 is 6.08 Å². The molecule has 5 rings (SSSR count). The van der Waals surface area contributed by atoms with Crippen LogP contribution in [0, 0.1) is 5.92 Å². The third-order valence-corrected chi connectivity index (χ3v) is 4.70. The largest absolute Gasteiger partial charge is 2.00 e. The molecule has 22 heavy (non-hydrogen) atoms. The zero-order valence-corrected chi connectivity index (χ0v) is 14.0. The first-order valence-corrected chi connectivity index (χ1v) is 7.76. The average Bonchev–Trinajstić information content (AvgIpc) is 3.19. The van der Waals surface area contributed by atoms with Gasteiger partial charge in [0.1, 0.15) is 0 Å². The maximum Gasteiger partial charge on any atom is 2.00 e. The minimum Gasteiger partial charge on any atom is -0.411 e. The van der Waals surface area contributed by atoms with Crippen LogP contribution >= 0.6 is 0 Å². The van der Waals surface area contributed by atoms with Gasteiger partial charge in [-0.3, -0.25) is 0 Å². The van der Waals surface area contributed by atoms with Gasteiger partial charge < -0.3 is 10.0 Å². The molecule has 2 nitrogen and oxygen atoms in total. The summed E-state index contributed by atoms with van der Waals surface area (Å²) in [5.74, 6) is 0.443. The Morgan fingerprint density at radius 3 is 2.23 bits per heavy atom. The first-order chi connectivity index (χ1) is 10.2. The van der Waals surface area contributed by atoms with Crippen LogP contribution < -0.4 is 0 Å². The van der Waals surface area contributed by atoms with E-state index in [4.69, 9.17) is 0 Å². The van der Waals surface area contributed by atoms with E-state index in [0.29, 0.717) is 5.92 Å². The fourth-order valence-electron chi connectivity index (χ4n) is 3.41. The van der Waals surface area contributed by atoms with Crippen LogP contribution in [-0.2, 0) is 17.1 Å². The number of hydrogen-bond donors (Lipinski definition) is 1. The van der Waals surface area contributed by atoms with Crippen molar-refractivity contribution in [2.45, 2.75) is 25.4 Å².